The molecular formula is C17H35N3O. The van der Waals surface area contributed by atoms with Gasteiger partial charge >= 0.3 is 6.03 Å². The van der Waals surface area contributed by atoms with E-state index in [1.54, 1.807) is 0 Å². The van der Waals surface area contributed by atoms with Gasteiger partial charge in [-0.15, -0.1) is 0 Å². The maximum absolute atomic E-state index is 11.9. The van der Waals surface area contributed by atoms with E-state index in [0.29, 0.717) is 11.8 Å². The number of carbonyl (C=O) groups is 1. The number of hydrogen-bond acceptors (Lipinski definition) is 2. The molecule has 1 rings (SSSR count). The summed E-state index contributed by atoms with van der Waals surface area (Å²) in [6, 6.07) is 0.0129. The van der Waals surface area contributed by atoms with Crippen LogP contribution in [-0.2, 0) is 0 Å². The topological polar surface area (TPSA) is 44.4 Å². The Bertz CT molecular complexity index is 283. The fourth-order valence-corrected chi connectivity index (χ4v) is 3.08. The first-order valence-corrected chi connectivity index (χ1v) is 8.93. The van der Waals surface area contributed by atoms with E-state index in [0.717, 1.165) is 26.1 Å². The van der Waals surface area contributed by atoms with Crippen LogP contribution >= 0.6 is 0 Å². The Morgan fingerprint density at radius 2 is 2.05 bits per heavy atom. The van der Waals surface area contributed by atoms with Gasteiger partial charge in [-0.3, -0.25) is 0 Å². The number of nitrogens with one attached hydrogen (secondary N) is 2. The molecule has 0 aliphatic carbocycles. The molecule has 4 heteroatoms. The number of likely N-dealkylation sites (tertiary alicyclic amines) is 1. The van der Waals surface area contributed by atoms with Gasteiger partial charge in [0.05, 0.1) is 0 Å². The van der Waals surface area contributed by atoms with Crippen molar-refractivity contribution < 1.29 is 4.79 Å². The summed E-state index contributed by atoms with van der Waals surface area (Å²) in [5.41, 5.74) is 0. The Hall–Kier alpha value is -0.770. The fraction of sp³-hybridized carbons (Fsp3) is 0.941. The first-order valence-electron chi connectivity index (χ1n) is 8.93. The Balaban J connectivity index is 2.11. The van der Waals surface area contributed by atoms with Crippen LogP contribution in [0.4, 0.5) is 4.79 Å². The molecule has 2 amide bonds. The molecule has 0 saturated carbocycles. The van der Waals surface area contributed by atoms with Crippen LogP contribution in [0.1, 0.15) is 59.3 Å². The first-order chi connectivity index (χ1) is 10.2. The molecule has 1 heterocycles. The van der Waals surface area contributed by atoms with Gasteiger partial charge in [-0.1, -0.05) is 40.0 Å². The molecule has 21 heavy (non-hydrogen) atoms. The van der Waals surface area contributed by atoms with Crippen LogP contribution in [0.15, 0.2) is 0 Å². The largest absolute Gasteiger partial charge is 0.338 e. The van der Waals surface area contributed by atoms with Gasteiger partial charge in [0, 0.05) is 19.6 Å². The summed E-state index contributed by atoms with van der Waals surface area (Å²) in [5, 5.41) is 6.09. The van der Waals surface area contributed by atoms with Crippen molar-refractivity contribution in [2.75, 3.05) is 32.7 Å². The lowest BCUT2D eigenvalue weighted by atomic mass is 9.99. The van der Waals surface area contributed by atoms with Crippen LogP contribution in [0.25, 0.3) is 0 Å². The number of nitrogens with zero attached hydrogens (tertiary/aromatic N) is 1. The van der Waals surface area contributed by atoms with Gasteiger partial charge in [0.25, 0.3) is 0 Å². The van der Waals surface area contributed by atoms with Crippen molar-refractivity contribution in [1.29, 1.82) is 0 Å². The summed E-state index contributed by atoms with van der Waals surface area (Å²) in [6.45, 7) is 11.8. The molecule has 0 aromatic rings. The van der Waals surface area contributed by atoms with E-state index in [1.807, 2.05) is 0 Å². The second-order valence-electron chi connectivity index (χ2n) is 6.46. The normalized spacial score (nSPS) is 20.4. The van der Waals surface area contributed by atoms with Gasteiger partial charge in [-0.05, 0) is 44.2 Å². The maximum Gasteiger partial charge on any atom is 0.314 e. The lowest BCUT2D eigenvalue weighted by Crippen LogP contribution is -2.40. The van der Waals surface area contributed by atoms with Crippen molar-refractivity contribution >= 4 is 6.03 Å². The Morgan fingerprint density at radius 1 is 1.24 bits per heavy atom. The van der Waals surface area contributed by atoms with Crippen molar-refractivity contribution in [2.45, 2.75) is 59.3 Å². The molecule has 1 aliphatic rings. The van der Waals surface area contributed by atoms with Gasteiger partial charge in [0.1, 0.15) is 0 Å². The van der Waals surface area contributed by atoms with Crippen molar-refractivity contribution in [1.82, 2.24) is 15.5 Å². The predicted molar refractivity (Wildman–Crippen MR) is 89.5 cm³/mol. The minimum Gasteiger partial charge on any atom is -0.338 e. The fourth-order valence-electron chi connectivity index (χ4n) is 3.08. The lowest BCUT2D eigenvalue weighted by Gasteiger charge is -2.17. The zero-order chi connectivity index (χ0) is 15.5. The van der Waals surface area contributed by atoms with Crippen LogP contribution in [0, 0.1) is 11.8 Å². The summed E-state index contributed by atoms with van der Waals surface area (Å²) in [4.78, 5) is 14.4. The molecule has 0 spiro atoms. The van der Waals surface area contributed by atoms with Crippen LogP contribution in [0.2, 0.25) is 0 Å². The average molecular weight is 297 g/mol. The van der Waals surface area contributed by atoms with Crippen molar-refractivity contribution in [3.63, 3.8) is 0 Å². The van der Waals surface area contributed by atoms with E-state index in [2.05, 4.69) is 36.3 Å². The number of rotatable bonds is 10. The highest BCUT2D eigenvalue weighted by atomic mass is 16.2. The minimum absolute atomic E-state index is 0.0129. The summed E-state index contributed by atoms with van der Waals surface area (Å²) < 4.78 is 0. The quantitative estimate of drug-likeness (QED) is 0.650. The summed E-state index contributed by atoms with van der Waals surface area (Å²) in [6.07, 6.45) is 7.30. The van der Waals surface area contributed by atoms with E-state index >= 15 is 0 Å². The SMILES string of the molecule is CCCCC(CC)CNC(=O)NCC1CCN(CCC)C1. The van der Waals surface area contributed by atoms with Crippen molar-refractivity contribution in [2.24, 2.45) is 11.8 Å². The Morgan fingerprint density at radius 3 is 2.71 bits per heavy atom. The molecule has 2 N–H and O–H groups in total. The number of unbranched alkanes of at least 4 members (excludes halogenated alkanes) is 1. The molecule has 124 valence electrons. The average Bonchev–Trinajstić information content (AvgIpc) is 2.93. The highest BCUT2D eigenvalue weighted by Gasteiger charge is 2.21. The molecule has 0 aromatic carbocycles. The van der Waals surface area contributed by atoms with Gasteiger partial charge in [-0.2, -0.15) is 0 Å². The Labute approximate surface area is 131 Å². The maximum atomic E-state index is 11.9. The molecule has 0 aromatic heterocycles. The van der Waals surface area contributed by atoms with Crippen LogP contribution in [0.3, 0.4) is 0 Å². The predicted octanol–water partition coefficient (Wildman–Crippen LogP) is 3.23. The minimum atomic E-state index is 0.0129. The summed E-state index contributed by atoms with van der Waals surface area (Å²) >= 11 is 0. The molecule has 2 atom stereocenters. The highest BCUT2D eigenvalue weighted by molar-refractivity contribution is 5.73. The van der Waals surface area contributed by atoms with E-state index in [1.165, 1.54) is 45.2 Å². The monoisotopic (exact) mass is 297 g/mol. The number of carbonyl (C=O) groups excluding carboxylic acids is 1. The Kier molecular flexibility index (Phi) is 9.48. The molecule has 0 bridgehead atoms. The van der Waals surface area contributed by atoms with Crippen LogP contribution in [-0.4, -0.2) is 43.7 Å². The second kappa shape index (κ2) is 10.9. The molecule has 1 saturated heterocycles. The van der Waals surface area contributed by atoms with Gasteiger partial charge in [0.15, 0.2) is 0 Å². The van der Waals surface area contributed by atoms with E-state index < -0.39 is 0 Å². The second-order valence-corrected chi connectivity index (χ2v) is 6.46. The zero-order valence-electron chi connectivity index (χ0n) is 14.3. The van der Waals surface area contributed by atoms with Crippen LogP contribution in [0.5, 0.6) is 0 Å². The first kappa shape index (κ1) is 18.3. The number of hydrogen-bond donors (Lipinski definition) is 2. The number of urea groups is 1. The third-order valence-electron chi connectivity index (χ3n) is 4.56. The standard InChI is InChI=1S/C17H35N3O/c1-4-7-8-15(6-3)12-18-17(21)19-13-16-9-11-20(14-16)10-5-2/h15-16H,4-14H2,1-3H3,(H2,18,19,21). The van der Waals surface area contributed by atoms with Gasteiger partial charge < -0.3 is 15.5 Å². The smallest absolute Gasteiger partial charge is 0.314 e. The third-order valence-corrected chi connectivity index (χ3v) is 4.56. The van der Waals surface area contributed by atoms with E-state index in [4.69, 9.17) is 0 Å². The summed E-state index contributed by atoms with van der Waals surface area (Å²) in [7, 11) is 0. The van der Waals surface area contributed by atoms with Gasteiger partial charge in [0.2, 0.25) is 0 Å². The third kappa shape index (κ3) is 7.70. The molecular weight excluding hydrogens is 262 g/mol. The molecule has 2 unspecified atom stereocenters. The van der Waals surface area contributed by atoms with Crippen molar-refractivity contribution in [3.8, 4) is 0 Å². The van der Waals surface area contributed by atoms with Crippen molar-refractivity contribution in [3.05, 3.63) is 0 Å². The van der Waals surface area contributed by atoms with Crippen LogP contribution < -0.4 is 10.6 Å². The van der Waals surface area contributed by atoms with E-state index in [9.17, 15) is 4.79 Å². The number of amides is 2. The van der Waals surface area contributed by atoms with E-state index in [-0.39, 0.29) is 6.03 Å². The van der Waals surface area contributed by atoms with Gasteiger partial charge in [-0.25, -0.2) is 4.79 Å². The lowest BCUT2D eigenvalue weighted by molar-refractivity contribution is 0.235. The molecule has 1 aliphatic heterocycles. The molecule has 0 radical (unpaired) electrons. The molecule has 1 fully saturated rings. The summed E-state index contributed by atoms with van der Waals surface area (Å²) in [5.74, 6) is 1.26. The highest BCUT2D eigenvalue weighted by Crippen LogP contribution is 2.15. The zero-order valence-corrected chi connectivity index (χ0v) is 14.3. The molecule has 4 nitrogen and oxygen atoms in total.